The Kier molecular flexibility index (Phi) is 3.99. The lowest BCUT2D eigenvalue weighted by molar-refractivity contribution is 0.101. The Morgan fingerprint density at radius 3 is 2.22 bits per heavy atom. The first kappa shape index (κ1) is 12.6. The van der Waals surface area contributed by atoms with E-state index in [-0.39, 0.29) is 11.6 Å². The molecule has 0 radical (unpaired) electrons. The second-order valence-electron chi connectivity index (χ2n) is 3.79. The minimum atomic E-state index is -0.245. The molecule has 0 fully saturated rings. The van der Waals surface area contributed by atoms with Crippen molar-refractivity contribution in [1.82, 2.24) is 0 Å². The van der Waals surface area contributed by atoms with Gasteiger partial charge in [0.1, 0.15) is 5.82 Å². The lowest BCUT2D eigenvalue weighted by Gasteiger charge is -2.05. The molecule has 4 heteroatoms. The molecule has 2 aromatic rings. The van der Waals surface area contributed by atoms with E-state index in [2.05, 4.69) is 4.72 Å². The van der Waals surface area contributed by atoms with Crippen molar-refractivity contribution in [1.29, 1.82) is 0 Å². The number of Topliss-reactive ketones (excluding diaryl/α,β-unsaturated/α-hetero) is 1. The minimum Gasteiger partial charge on any atom is -0.326 e. The van der Waals surface area contributed by atoms with Crippen LogP contribution in [0.15, 0.2) is 53.4 Å². The summed E-state index contributed by atoms with van der Waals surface area (Å²) in [5.41, 5.74) is 1.58. The number of nitrogens with one attached hydrogen (secondary N) is 1. The molecule has 92 valence electrons. The zero-order chi connectivity index (χ0) is 13.0. The van der Waals surface area contributed by atoms with E-state index in [9.17, 15) is 9.18 Å². The third-order valence-corrected chi connectivity index (χ3v) is 3.24. The summed E-state index contributed by atoms with van der Waals surface area (Å²) in [6.45, 7) is 1.54. The summed E-state index contributed by atoms with van der Waals surface area (Å²) in [4.78, 5) is 12.0. The molecule has 0 aliphatic rings. The first-order chi connectivity index (χ1) is 8.65. The van der Waals surface area contributed by atoms with Crippen molar-refractivity contribution < 1.29 is 9.18 Å². The Hall–Kier alpha value is -1.81. The zero-order valence-electron chi connectivity index (χ0n) is 9.81. The molecular formula is C14H12FNOS. The van der Waals surface area contributed by atoms with Gasteiger partial charge < -0.3 is 4.72 Å². The molecular weight excluding hydrogens is 249 g/mol. The number of anilines is 1. The fraction of sp³-hybridized carbons (Fsp3) is 0.0714. The van der Waals surface area contributed by atoms with Crippen LogP contribution >= 0.6 is 11.9 Å². The highest BCUT2D eigenvalue weighted by Gasteiger charge is 1.99. The van der Waals surface area contributed by atoms with Gasteiger partial charge in [-0.1, -0.05) is 0 Å². The van der Waals surface area contributed by atoms with Crippen LogP contribution in [-0.2, 0) is 0 Å². The van der Waals surface area contributed by atoms with Crippen molar-refractivity contribution >= 4 is 23.4 Å². The minimum absolute atomic E-state index is 0.0488. The summed E-state index contributed by atoms with van der Waals surface area (Å²) in [5, 5.41) is 0. The zero-order valence-corrected chi connectivity index (χ0v) is 10.6. The summed E-state index contributed by atoms with van der Waals surface area (Å²) < 4.78 is 15.8. The summed E-state index contributed by atoms with van der Waals surface area (Å²) in [6.07, 6.45) is 0. The molecule has 0 aliphatic carbocycles. The van der Waals surface area contributed by atoms with Crippen molar-refractivity contribution in [2.75, 3.05) is 4.72 Å². The van der Waals surface area contributed by atoms with Crippen molar-refractivity contribution in [2.24, 2.45) is 0 Å². The van der Waals surface area contributed by atoms with Gasteiger partial charge in [-0.3, -0.25) is 4.79 Å². The summed E-state index contributed by atoms with van der Waals surface area (Å²) in [5.74, 6) is -0.196. The van der Waals surface area contributed by atoms with Crippen molar-refractivity contribution in [3.63, 3.8) is 0 Å². The number of rotatable bonds is 4. The van der Waals surface area contributed by atoms with Crippen molar-refractivity contribution in [3.05, 3.63) is 59.9 Å². The predicted octanol–water partition coefficient (Wildman–Crippen LogP) is 4.15. The maximum absolute atomic E-state index is 12.7. The van der Waals surface area contributed by atoms with E-state index in [1.807, 2.05) is 12.1 Å². The number of carbonyl (C=O) groups excluding carboxylic acids is 1. The van der Waals surface area contributed by atoms with Crippen LogP contribution in [0.1, 0.15) is 17.3 Å². The fourth-order valence-electron chi connectivity index (χ4n) is 1.39. The first-order valence-corrected chi connectivity index (χ1v) is 6.26. The predicted molar refractivity (Wildman–Crippen MR) is 72.3 cm³/mol. The van der Waals surface area contributed by atoms with Crippen LogP contribution in [-0.4, -0.2) is 5.78 Å². The van der Waals surface area contributed by atoms with Crippen LogP contribution in [0.5, 0.6) is 0 Å². The lowest BCUT2D eigenvalue weighted by Crippen LogP contribution is -1.92. The molecule has 2 nitrogen and oxygen atoms in total. The van der Waals surface area contributed by atoms with E-state index < -0.39 is 0 Å². The van der Waals surface area contributed by atoms with Crippen LogP contribution in [0, 0.1) is 5.82 Å². The maximum Gasteiger partial charge on any atom is 0.159 e. The Bertz CT molecular complexity index is 537. The van der Waals surface area contributed by atoms with Gasteiger partial charge in [0.15, 0.2) is 5.78 Å². The molecule has 1 N–H and O–H groups in total. The van der Waals surface area contributed by atoms with Gasteiger partial charge in [0, 0.05) is 16.1 Å². The number of hydrogen-bond donors (Lipinski definition) is 1. The molecule has 0 aliphatic heterocycles. The highest BCUT2D eigenvalue weighted by molar-refractivity contribution is 8.00. The maximum atomic E-state index is 12.7. The molecule has 0 amide bonds. The molecule has 0 saturated carbocycles. The molecule has 0 heterocycles. The van der Waals surface area contributed by atoms with E-state index in [4.69, 9.17) is 0 Å². The van der Waals surface area contributed by atoms with Crippen molar-refractivity contribution in [3.8, 4) is 0 Å². The van der Waals surface area contributed by atoms with Crippen LogP contribution in [0.3, 0.4) is 0 Å². The Morgan fingerprint density at radius 1 is 1.06 bits per heavy atom. The molecule has 0 atom stereocenters. The van der Waals surface area contributed by atoms with Gasteiger partial charge in [0.05, 0.1) is 0 Å². The molecule has 0 spiro atoms. The van der Waals surface area contributed by atoms with E-state index >= 15 is 0 Å². The third kappa shape index (κ3) is 3.34. The van der Waals surface area contributed by atoms with Crippen LogP contribution < -0.4 is 4.72 Å². The second-order valence-corrected chi connectivity index (χ2v) is 4.67. The van der Waals surface area contributed by atoms with Gasteiger partial charge in [-0.2, -0.15) is 0 Å². The van der Waals surface area contributed by atoms with Gasteiger partial charge in [0.2, 0.25) is 0 Å². The molecule has 18 heavy (non-hydrogen) atoms. The SMILES string of the molecule is CC(=O)c1ccc(NSc2ccc(F)cc2)cc1. The average Bonchev–Trinajstić information content (AvgIpc) is 2.38. The Labute approximate surface area is 109 Å². The summed E-state index contributed by atoms with van der Waals surface area (Å²) >= 11 is 1.39. The van der Waals surface area contributed by atoms with E-state index in [1.165, 1.54) is 31.0 Å². The summed E-state index contributed by atoms with van der Waals surface area (Å²) in [6, 6.07) is 13.5. The third-order valence-electron chi connectivity index (χ3n) is 2.39. The molecule has 0 bridgehead atoms. The average molecular weight is 261 g/mol. The van der Waals surface area contributed by atoms with Gasteiger partial charge in [-0.25, -0.2) is 4.39 Å². The fourth-order valence-corrected chi connectivity index (χ4v) is 2.04. The van der Waals surface area contributed by atoms with E-state index in [0.717, 1.165) is 10.6 Å². The Morgan fingerprint density at radius 2 is 1.67 bits per heavy atom. The molecule has 2 rings (SSSR count). The van der Waals surface area contributed by atoms with Gasteiger partial charge in [-0.15, -0.1) is 0 Å². The second kappa shape index (κ2) is 5.69. The number of hydrogen-bond acceptors (Lipinski definition) is 3. The van der Waals surface area contributed by atoms with Gasteiger partial charge in [0.25, 0.3) is 0 Å². The van der Waals surface area contributed by atoms with Crippen LogP contribution in [0.25, 0.3) is 0 Å². The van der Waals surface area contributed by atoms with Crippen LogP contribution in [0.4, 0.5) is 10.1 Å². The standard InChI is InChI=1S/C14H12FNOS/c1-10(17)11-2-6-13(7-3-11)16-18-14-8-4-12(15)5-9-14/h2-9,16H,1H3. The van der Waals surface area contributed by atoms with Gasteiger partial charge >= 0.3 is 0 Å². The number of benzene rings is 2. The van der Waals surface area contributed by atoms with E-state index in [0.29, 0.717) is 5.56 Å². The quantitative estimate of drug-likeness (QED) is 0.662. The van der Waals surface area contributed by atoms with Crippen molar-refractivity contribution in [2.45, 2.75) is 11.8 Å². The molecule has 0 saturated heterocycles. The normalized spacial score (nSPS) is 10.1. The largest absolute Gasteiger partial charge is 0.326 e. The highest BCUT2D eigenvalue weighted by atomic mass is 32.2. The smallest absolute Gasteiger partial charge is 0.159 e. The monoisotopic (exact) mass is 261 g/mol. The van der Waals surface area contributed by atoms with Gasteiger partial charge in [-0.05, 0) is 67.4 Å². The molecule has 2 aromatic carbocycles. The number of ketones is 1. The number of carbonyl (C=O) groups is 1. The Balaban J connectivity index is 1.97. The lowest BCUT2D eigenvalue weighted by atomic mass is 10.1. The highest BCUT2D eigenvalue weighted by Crippen LogP contribution is 2.21. The molecule has 0 aromatic heterocycles. The van der Waals surface area contributed by atoms with Crippen LogP contribution in [0.2, 0.25) is 0 Å². The first-order valence-electron chi connectivity index (χ1n) is 5.44. The summed E-state index contributed by atoms with van der Waals surface area (Å²) in [7, 11) is 0. The van der Waals surface area contributed by atoms with E-state index in [1.54, 1.807) is 24.3 Å². The topological polar surface area (TPSA) is 29.1 Å². The molecule has 0 unspecified atom stereocenters. The number of halogens is 1.